The summed E-state index contributed by atoms with van der Waals surface area (Å²) in [4.78, 5) is 26.8. The van der Waals surface area contributed by atoms with Crippen LogP contribution in [-0.4, -0.2) is 57.9 Å². The van der Waals surface area contributed by atoms with Crippen molar-refractivity contribution in [2.24, 2.45) is 0 Å². The molecular formula is C29H42N6O. The minimum Gasteiger partial charge on any atom is -0.357 e. The van der Waals surface area contributed by atoms with Gasteiger partial charge in [0.1, 0.15) is 11.3 Å². The Morgan fingerprint density at radius 3 is 2.25 bits per heavy atom. The first kappa shape index (κ1) is 26.1. The molecule has 3 aromatic rings. The minimum absolute atomic E-state index is 0.0723. The summed E-state index contributed by atoms with van der Waals surface area (Å²) in [6.45, 7) is 12.5. The van der Waals surface area contributed by atoms with Crippen LogP contribution in [0.3, 0.4) is 0 Å². The number of pyridine rings is 1. The second-order valence-electron chi connectivity index (χ2n) is 9.95. The number of rotatable bonds is 14. The van der Waals surface area contributed by atoms with Gasteiger partial charge in [-0.25, -0.2) is 9.97 Å². The monoisotopic (exact) mass is 490 g/mol. The molecule has 3 heterocycles. The number of aromatic nitrogens is 3. The normalized spacial score (nSPS) is 14.0. The number of ketones is 1. The van der Waals surface area contributed by atoms with Gasteiger partial charge >= 0.3 is 0 Å². The van der Waals surface area contributed by atoms with Gasteiger partial charge in [-0.05, 0) is 95.1 Å². The van der Waals surface area contributed by atoms with Crippen molar-refractivity contribution in [3.05, 3.63) is 42.0 Å². The molecule has 1 aliphatic heterocycles. The maximum Gasteiger partial charge on any atom is 0.209 e. The summed E-state index contributed by atoms with van der Waals surface area (Å²) in [5.41, 5.74) is 3.48. The molecule has 0 atom stereocenters. The van der Waals surface area contributed by atoms with Gasteiger partial charge in [-0.3, -0.25) is 9.36 Å². The van der Waals surface area contributed by atoms with Gasteiger partial charge in [-0.1, -0.05) is 26.7 Å². The topological polar surface area (TPSA) is 66.3 Å². The average Bonchev–Trinajstić information content (AvgIpc) is 3.52. The van der Waals surface area contributed by atoms with Crippen molar-refractivity contribution in [2.45, 2.75) is 72.3 Å². The van der Waals surface area contributed by atoms with E-state index < -0.39 is 0 Å². The lowest BCUT2D eigenvalue weighted by Gasteiger charge is -2.23. The van der Waals surface area contributed by atoms with Gasteiger partial charge in [0.25, 0.3) is 0 Å². The fourth-order valence-corrected chi connectivity index (χ4v) is 4.89. The molecule has 0 spiro atoms. The molecule has 7 heteroatoms. The van der Waals surface area contributed by atoms with Crippen LogP contribution >= 0.6 is 0 Å². The molecule has 1 N–H and O–H groups in total. The molecule has 1 aliphatic rings. The van der Waals surface area contributed by atoms with E-state index >= 15 is 0 Å². The maximum absolute atomic E-state index is 11.7. The Bertz CT molecular complexity index is 1110. The summed E-state index contributed by atoms with van der Waals surface area (Å²) in [6, 6.07) is 11.9. The molecule has 7 nitrogen and oxygen atoms in total. The van der Waals surface area contributed by atoms with Gasteiger partial charge in [0.2, 0.25) is 5.95 Å². The number of hydrogen-bond acceptors (Lipinski definition) is 6. The Morgan fingerprint density at radius 2 is 1.61 bits per heavy atom. The average molecular weight is 491 g/mol. The lowest BCUT2D eigenvalue weighted by Crippen LogP contribution is -2.26. The quantitative estimate of drug-likeness (QED) is 0.269. The fourth-order valence-electron chi connectivity index (χ4n) is 4.89. The molecule has 0 aliphatic carbocycles. The van der Waals surface area contributed by atoms with Crippen molar-refractivity contribution < 1.29 is 4.79 Å². The summed E-state index contributed by atoms with van der Waals surface area (Å²) < 4.78 is 2.24. The van der Waals surface area contributed by atoms with Crippen LogP contribution in [0.2, 0.25) is 0 Å². The molecule has 0 radical (unpaired) electrons. The number of fused-ring (bicyclic) bond motifs is 1. The van der Waals surface area contributed by atoms with E-state index in [4.69, 9.17) is 9.97 Å². The number of hydrogen-bond donors (Lipinski definition) is 1. The maximum atomic E-state index is 11.7. The molecule has 36 heavy (non-hydrogen) atoms. The highest BCUT2D eigenvalue weighted by molar-refractivity contribution is 5.94. The molecule has 0 unspecified atom stereocenters. The SMILES string of the molecule is CCCCN(CCCC)c1ccc2nc(Nc3ccc(C(C)=O)cc3)n(CCCN3CCCC3)c2n1. The van der Waals surface area contributed by atoms with Crippen LogP contribution in [0.4, 0.5) is 17.5 Å². The zero-order valence-corrected chi connectivity index (χ0v) is 22.3. The van der Waals surface area contributed by atoms with E-state index in [1.807, 2.05) is 24.3 Å². The van der Waals surface area contributed by atoms with Crippen molar-refractivity contribution in [3.63, 3.8) is 0 Å². The van der Waals surface area contributed by atoms with Crippen LogP contribution in [0, 0.1) is 0 Å². The second-order valence-corrected chi connectivity index (χ2v) is 9.95. The van der Waals surface area contributed by atoms with Gasteiger partial charge in [0.15, 0.2) is 11.4 Å². The van der Waals surface area contributed by atoms with Crippen LogP contribution in [0.25, 0.3) is 11.2 Å². The van der Waals surface area contributed by atoms with E-state index in [9.17, 15) is 4.79 Å². The largest absolute Gasteiger partial charge is 0.357 e. The number of carbonyl (C=O) groups excluding carboxylic acids is 1. The summed E-state index contributed by atoms with van der Waals surface area (Å²) in [7, 11) is 0. The highest BCUT2D eigenvalue weighted by Gasteiger charge is 2.17. The molecule has 0 saturated carbocycles. The third-order valence-electron chi connectivity index (χ3n) is 7.07. The summed E-state index contributed by atoms with van der Waals surface area (Å²) in [6.07, 6.45) is 8.38. The fraction of sp³-hybridized carbons (Fsp3) is 0.552. The van der Waals surface area contributed by atoms with Crippen molar-refractivity contribution >= 4 is 34.4 Å². The number of nitrogens with zero attached hydrogens (tertiary/aromatic N) is 5. The van der Waals surface area contributed by atoms with Gasteiger partial charge in [0.05, 0.1) is 0 Å². The van der Waals surface area contributed by atoms with Gasteiger partial charge in [-0.2, -0.15) is 0 Å². The Hall–Kier alpha value is -2.93. The number of unbranched alkanes of at least 4 members (excludes halogenated alkanes) is 2. The van der Waals surface area contributed by atoms with Crippen LogP contribution in [-0.2, 0) is 6.54 Å². The third kappa shape index (κ3) is 6.64. The number of nitrogens with one attached hydrogen (secondary N) is 1. The number of Topliss-reactive ketones (excluding diaryl/α,β-unsaturated/α-hetero) is 1. The highest BCUT2D eigenvalue weighted by atomic mass is 16.1. The predicted octanol–water partition coefficient (Wildman–Crippen LogP) is 6.27. The Labute approximate surface area is 215 Å². The summed E-state index contributed by atoms with van der Waals surface area (Å²) >= 11 is 0. The van der Waals surface area contributed by atoms with Gasteiger partial charge < -0.3 is 15.1 Å². The van der Waals surface area contributed by atoms with Crippen molar-refractivity contribution in [2.75, 3.05) is 42.9 Å². The minimum atomic E-state index is 0.0723. The molecule has 2 aromatic heterocycles. The van der Waals surface area contributed by atoms with E-state index in [-0.39, 0.29) is 5.78 Å². The smallest absolute Gasteiger partial charge is 0.209 e. The number of likely N-dealkylation sites (tertiary alicyclic amines) is 1. The number of imidazole rings is 1. The first-order chi connectivity index (χ1) is 17.6. The van der Waals surface area contributed by atoms with Crippen LogP contribution < -0.4 is 10.2 Å². The Morgan fingerprint density at radius 1 is 0.917 bits per heavy atom. The van der Waals surface area contributed by atoms with Gasteiger partial charge in [-0.15, -0.1) is 0 Å². The molecule has 0 bridgehead atoms. The first-order valence-electron chi connectivity index (χ1n) is 13.8. The molecule has 0 amide bonds. The Balaban J connectivity index is 1.62. The number of anilines is 3. The lowest BCUT2D eigenvalue weighted by molar-refractivity contribution is 0.101. The third-order valence-corrected chi connectivity index (χ3v) is 7.07. The molecule has 194 valence electrons. The van der Waals surface area contributed by atoms with Crippen molar-refractivity contribution in [3.8, 4) is 0 Å². The van der Waals surface area contributed by atoms with Crippen LogP contribution in [0.15, 0.2) is 36.4 Å². The zero-order valence-electron chi connectivity index (χ0n) is 22.3. The number of aryl methyl sites for hydroxylation is 1. The van der Waals surface area contributed by atoms with Crippen molar-refractivity contribution in [1.29, 1.82) is 0 Å². The van der Waals surface area contributed by atoms with E-state index in [0.29, 0.717) is 5.56 Å². The van der Waals surface area contributed by atoms with E-state index in [1.165, 1.54) is 51.6 Å². The highest BCUT2D eigenvalue weighted by Crippen LogP contribution is 2.26. The predicted molar refractivity (Wildman–Crippen MR) is 150 cm³/mol. The first-order valence-corrected chi connectivity index (χ1v) is 13.8. The Kier molecular flexibility index (Phi) is 9.34. The van der Waals surface area contributed by atoms with E-state index in [1.54, 1.807) is 6.92 Å². The van der Waals surface area contributed by atoms with Crippen LogP contribution in [0.5, 0.6) is 0 Å². The van der Waals surface area contributed by atoms with Gasteiger partial charge in [0, 0.05) is 30.9 Å². The number of benzene rings is 1. The molecule has 1 aromatic carbocycles. The summed E-state index contributed by atoms with van der Waals surface area (Å²) in [5.74, 6) is 1.92. The van der Waals surface area contributed by atoms with Crippen LogP contribution in [0.1, 0.15) is 76.1 Å². The lowest BCUT2D eigenvalue weighted by atomic mass is 10.1. The van der Waals surface area contributed by atoms with Crippen molar-refractivity contribution in [1.82, 2.24) is 19.4 Å². The molecule has 1 fully saturated rings. The zero-order chi connectivity index (χ0) is 25.3. The van der Waals surface area contributed by atoms with E-state index in [2.05, 4.69) is 45.7 Å². The molecule has 1 saturated heterocycles. The number of carbonyl (C=O) groups is 1. The summed E-state index contributed by atoms with van der Waals surface area (Å²) in [5, 5.41) is 3.50. The second kappa shape index (κ2) is 12.9. The standard InChI is InChI=1S/C29H42N6O/c1-4-6-20-34(21-7-5-2)27-16-15-26-28(32-27)35(22-10-19-33-17-8-9-18-33)29(31-26)30-25-13-11-24(12-14-25)23(3)36/h11-16H,4-10,17-22H2,1-3H3,(H,30,31). The molecule has 4 rings (SSSR count). The molecular weight excluding hydrogens is 448 g/mol. The van der Waals surface area contributed by atoms with E-state index in [0.717, 1.165) is 61.2 Å².